The lowest BCUT2D eigenvalue weighted by Gasteiger charge is -2.18. The SMILES string of the molecule is CSc1cccc(N(C)C)c1C(N)=S. The molecule has 0 atom stereocenters. The molecule has 0 fully saturated rings. The minimum atomic E-state index is 0.457. The molecule has 1 aromatic carbocycles. The van der Waals surface area contributed by atoms with Crippen LogP contribution in [0.1, 0.15) is 5.56 Å². The lowest BCUT2D eigenvalue weighted by molar-refractivity contribution is 1.12. The summed E-state index contributed by atoms with van der Waals surface area (Å²) >= 11 is 6.72. The van der Waals surface area contributed by atoms with Crippen LogP contribution >= 0.6 is 24.0 Å². The summed E-state index contributed by atoms with van der Waals surface area (Å²) in [5.74, 6) is 0. The highest BCUT2D eigenvalue weighted by molar-refractivity contribution is 7.98. The Bertz CT molecular complexity index is 348. The summed E-state index contributed by atoms with van der Waals surface area (Å²) in [5, 5.41) is 0. The molecule has 2 nitrogen and oxygen atoms in total. The maximum atomic E-state index is 5.72. The van der Waals surface area contributed by atoms with E-state index >= 15 is 0 Å². The van der Waals surface area contributed by atoms with Crippen LogP contribution in [0.2, 0.25) is 0 Å². The maximum Gasteiger partial charge on any atom is 0.107 e. The van der Waals surface area contributed by atoms with Crippen molar-refractivity contribution in [2.24, 2.45) is 5.73 Å². The van der Waals surface area contributed by atoms with Crippen LogP contribution < -0.4 is 10.6 Å². The standard InChI is InChI=1S/C10H14N2S2/c1-12(2)7-5-4-6-8(14-3)9(7)10(11)13/h4-6H,1-3H3,(H2,11,13). The zero-order valence-corrected chi connectivity index (χ0v) is 10.2. The minimum absolute atomic E-state index is 0.457. The van der Waals surface area contributed by atoms with Crippen molar-refractivity contribution in [3.8, 4) is 0 Å². The molecule has 0 radical (unpaired) electrons. The number of thioether (sulfide) groups is 1. The monoisotopic (exact) mass is 226 g/mol. The Hall–Kier alpha value is -0.740. The van der Waals surface area contributed by atoms with Crippen LogP contribution in [-0.4, -0.2) is 25.3 Å². The normalized spacial score (nSPS) is 9.93. The number of nitrogens with two attached hydrogens (primary N) is 1. The fourth-order valence-electron chi connectivity index (χ4n) is 1.31. The third-order valence-electron chi connectivity index (χ3n) is 1.95. The van der Waals surface area contributed by atoms with E-state index in [1.165, 1.54) is 0 Å². The average molecular weight is 226 g/mol. The van der Waals surface area contributed by atoms with Crippen molar-refractivity contribution in [2.75, 3.05) is 25.3 Å². The van der Waals surface area contributed by atoms with Gasteiger partial charge in [0.25, 0.3) is 0 Å². The number of hydrogen-bond donors (Lipinski definition) is 1. The van der Waals surface area contributed by atoms with Gasteiger partial charge in [0.2, 0.25) is 0 Å². The molecule has 76 valence electrons. The number of nitrogens with zero attached hydrogens (tertiary/aromatic N) is 1. The molecule has 14 heavy (non-hydrogen) atoms. The summed E-state index contributed by atoms with van der Waals surface area (Å²) in [6.45, 7) is 0. The van der Waals surface area contributed by atoms with Crippen molar-refractivity contribution in [1.29, 1.82) is 0 Å². The Morgan fingerprint density at radius 1 is 1.43 bits per heavy atom. The van der Waals surface area contributed by atoms with E-state index in [1.54, 1.807) is 11.8 Å². The number of thiocarbonyl (C=S) groups is 1. The van der Waals surface area contributed by atoms with E-state index in [2.05, 4.69) is 0 Å². The molecule has 1 rings (SSSR count). The molecular formula is C10H14N2S2. The zero-order chi connectivity index (χ0) is 10.7. The number of hydrogen-bond acceptors (Lipinski definition) is 3. The second kappa shape index (κ2) is 4.66. The van der Waals surface area contributed by atoms with Gasteiger partial charge in [-0.1, -0.05) is 18.3 Å². The van der Waals surface area contributed by atoms with Crippen LogP contribution in [0.25, 0.3) is 0 Å². The highest BCUT2D eigenvalue weighted by Gasteiger charge is 2.11. The number of rotatable bonds is 3. The fourth-order valence-corrected chi connectivity index (χ4v) is 2.22. The van der Waals surface area contributed by atoms with Crippen LogP contribution in [0.15, 0.2) is 23.1 Å². The molecule has 0 bridgehead atoms. The van der Waals surface area contributed by atoms with Gasteiger partial charge in [0.15, 0.2) is 0 Å². The van der Waals surface area contributed by atoms with Gasteiger partial charge in [-0.05, 0) is 18.4 Å². The lowest BCUT2D eigenvalue weighted by atomic mass is 10.1. The third-order valence-corrected chi connectivity index (χ3v) is 2.94. The van der Waals surface area contributed by atoms with Gasteiger partial charge in [-0.25, -0.2) is 0 Å². The van der Waals surface area contributed by atoms with E-state index in [0.29, 0.717) is 4.99 Å². The van der Waals surface area contributed by atoms with E-state index in [4.69, 9.17) is 18.0 Å². The van der Waals surface area contributed by atoms with Crippen LogP contribution in [0.5, 0.6) is 0 Å². The Balaban J connectivity index is 3.35. The van der Waals surface area contributed by atoms with Gasteiger partial charge in [-0.2, -0.15) is 0 Å². The van der Waals surface area contributed by atoms with Gasteiger partial charge < -0.3 is 10.6 Å². The van der Waals surface area contributed by atoms with Crippen molar-refractivity contribution in [3.05, 3.63) is 23.8 Å². The molecular weight excluding hydrogens is 212 g/mol. The predicted molar refractivity (Wildman–Crippen MR) is 68.4 cm³/mol. The van der Waals surface area contributed by atoms with Crippen LogP contribution in [0.3, 0.4) is 0 Å². The second-order valence-electron chi connectivity index (χ2n) is 3.11. The molecule has 0 spiro atoms. The lowest BCUT2D eigenvalue weighted by Crippen LogP contribution is -2.18. The summed E-state index contributed by atoms with van der Waals surface area (Å²) in [5.41, 5.74) is 7.77. The van der Waals surface area contributed by atoms with Crippen molar-refractivity contribution < 1.29 is 0 Å². The largest absolute Gasteiger partial charge is 0.389 e. The molecule has 0 aliphatic heterocycles. The first kappa shape index (κ1) is 11.3. The van der Waals surface area contributed by atoms with Gasteiger partial charge in [-0.3, -0.25) is 0 Å². The third kappa shape index (κ3) is 2.19. The summed E-state index contributed by atoms with van der Waals surface area (Å²) < 4.78 is 0. The Kier molecular flexibility index (Phi) is 3.77. The quantitative estimate of drug-likeness (QED) is 0.631. The van der Waals surface area contributed by atoms with Crippen LogP contribution in [0.4, 0.5) is 5.69 Å². The maximum absolute atomic E-state index is 5.72. The molecule has 0 saturated heterocycles. The van der Waals surface area contributed by atoms with Crippen molar-refractivity contribution in [3.63, 3.8) is 0 Å². The summed E-state index contributed by atoms with van der Waals surface area (Å²) in [6, 6.07) is 6.07. The smallest absolute Gasteiger partial charge is 0.107 e. The highest BCUT2D eigenvalue weighted by atomic mass is 32.2. The van der Waals surface area contributed by atoms with E-state index in [-0.39, 0.29) is 0 Å². The molecule has 1 aromatic rings. The first-order chi connectivity index (χ1) is 6.57. The minimum Gasteiger partial charge on any atom is -0.389 e. The van der Waals surface area contributed by atoms with E-state index < -0.39 is 0 Å². The molecule has 0 amide bonds. The Morgan fingerprint density at radius 3 is 2.50 bits per heavy atom. The van der Waals surface area contributed by atoms with Crippen molar-refractivity contribution in [1.82, 2.24) is 0 Å². The molecule has 0 heterocycles. The highest BCUT2D eigenvalue weighted by Crippen LogP contribution is 2.28. The summed E-state index contributed by atoms with van der Waals surface area (Å²) in [6.07, 6.45) is 2.02. The van der Waals surface area contributed by atoms with E-state index in [0.717, 1.165) is 16.1 Å². The molecule has 4 heteroatoms. The van der Waals surface area contributed by atoms with Gasteiger partial charge in [-0.15, -0.1) is 11.8 Å². The van der Waals surface area contributed by atoms with E-state index in [1.807, 2.05) is 43.5 Å². The molecule has 0 saturated carbocycles. The van der Waals surface area contributed by atoms with Gasteiger partial charge in [0.05, 0.1) is 0 Å². The molecule has 0 aromatic heterocycles. The topological polar surface area (TPSA) is 29.3 Å². The van der Waals surface area contributed by atoms with Gasteiger partial charge >= 0.3 is 0 Å². The summed E-state index contributed by atoms with van der Waals surface area (Å²) in [7, 11) is 3.97. The van der Waals surface area contributed by atoms with Gasteiger partial charge in [0.1, 0.15) is 4.99 Å². The zero-order valence-electron chi connectivity index (χ0n) is 8.57. The van der Waals surface area contributed by atoms with Crippen LogP contribution in [0, 0.1) is 0 Å². The van der Waals surface area contributed by atoms with Crippen molar-refractivity contribution >= 4 is 34.7 Å². The first-order valence-corrected chi connectivity index (χ1v) is 5.85. The molecule has 0 unspecified atom stereocenters. The average Bonchev–Trinajstić information content (AvgIpc) is 2.16. The second-order valence-corrected chi connectivity index (χ2v) is 4.40. The molecule has 2 N–H and O–H groups in total. The molecule has 0 aliphatic rings. The summed E-state index contributed by atoms with van der Waals surface area (Å²) in [4.78, 5) is 3.61. The van der Waals surface area contributed by atoms with Crippen molar-refractivity contribution in [2.45, 2.75) is 4.90 Å². The number of benzene rings is 1. The fraction of sp³-hybridized carbons (Fsp3) is 0.300. The Labute approximate surface area is 94.5 Å². The Morgan fingerprint density at radius 2 is 2.07 bits per heavy atom. The molecule has 0 aliphatic carbocycles. The first-order valence-electron chi connectivity index (χ1n) is 4.22. The van der Waals surface area contributed by atoms with Crippen LogP contribution in [-0.2, 0) is 0 Å². The van der Waals surface area contributed by atoms with E-state index in [9.17, 15) is 0 Å². The predicted octanol–water partition coefficient (Wildman–Crippen LogP) is 2.11. The number of anilines is 1. The van der Waals surface area contributed by atoms with Gasteiger partial charge in [0, 0.05) is 30.2 Å².